The second-order valence-corrected chi connectivity index (χ2v) is 5.06. The van der Waals surface area contributed by atoms with Crippen molar-refractivity contribution in [3.8, 4) is 0 Å². The molecule has 1 heterocycles. The van der Waals surface area contributed by atoms with E-state index in [1.165, 1.54) is 25.7 Å². The zero-order chi connectivity index (χ0) is 11.1. The van der Waals surface area contributed by atoms with E-state index >= 15 is 0 Å². The van der Waals surface area contributed by atoms with Crippen molar-refractivity contribution in [2.24, 2.45) is 11.8 Å². The van der Waals surface area contributed by atoms with Gasteiger partial charge in [0, 0.05) is 6.04 Å². The van der Waals surface area contributed by atoms with Crippen molar-refractivity contribution >= 4 is 5.91 Å². The minimum absolute atomic E-state index is 0.0371. The van der Waals surface area contributed by atoms with Crippen molar-refractivity contribution in [2.75, 3.05) is 0 Å². The van der Waals surface area contributed by atoms with Crippen LogP contribution in [0.15, 0.2) is 16.7 Å². The number of hydrogen-bond acceptors (Lipinski definition) is 2. The lowest BCUT2D eigenvalue weighted by atomic mass is 10.1. The number of carbonyl (C=O) groups excluding carboxylic acids is 1. The number of nitrogens with one attached hydrogen (secondary N) is 1. The smallest absolute Gasteiger partial charge is 0.255 e. The highest BCUT2D eigenvalue weighted by atomic mass is 16.3. The fraction of sp³-hybridized carbons (Fsp3) is 0.615. The third kappa shape index (κ3) is 1.86. The molecule has 0 saturated heterocycles. The van der Waals surface area contributed by atoms with E-state index in [-0.39, 0.29) is 5.91 Å². The van der Waals surface area contributed by atoms with E-state index in [0.717, 1.165) is 11.8 Å². The lowest BCUT2D eigenvalue weighted by Gasteiger charge is -2.17. The second-order valence-electron chi connectivity index (χ2n) is 5.06. The lowest BCUT2D eigenvalue weighted by molar-refractivity contribution is 0.0925. The van der Waals surface area contributed by atoms with Gasteiger partial charge >= 0.3 is 0 Å². The third-order valence-corrected chi connectivity index (χ3v) is 3.66. The Kier molecular flexibility index (Phi) is 2.27. The van der Waals surface area contributed by atoms with Crippen LogP contribution < -0.4 is 5.32 Å². The summed E-state index contributed by atoms with van der Waals surface area (Å²) in [5, 5.41) is 3.19. The molecule has 3 nitrogen and oxygen atoms in total. The number of furan rings is 1. The zero-order valence-corrected chi connectivity index (χ0v) is 9.53. The van der Waals surface area contributed by atoms with Gasteiger partial charge in [0.05, 0.1) is 11.8 Å². The van der Waals surface area contributed by atoms with E-state index in [1.54, 1.807) is 12.3 Å². The number of amides is 1. The highest BCUT2D eigenvalue weighted by Crippen LogP contribution is 2.44. The van der Waals surface area contributed by atoms with Gasteiger partial charge in [-0.3, -0.25) is 4.79 Å². The summed E-state index contributed by atoms with van der Waals surface area (Å²) >= 11 is 0. The Morgan fingerprint density at radius 3 is 2.44 bits per heavy atom. The molecule has 1 aromatic rings. The Bertz CT molecular complexity index is 390. The molecule has 0 unspecified atom stereocenters. The summed E-state index contributed by atoms with van der Waals surface area (Å²) in [6, 6.07) is 2.17. The average Bonchev–Trinajstić information content (AvgIpc) is 3.14. The predicted molar refractivity (Wildman–Crippen MR) is 60.1 cm³/mol. The van der Waals surface area contributed by atoms with Crippen LogP contribution in [0.2, 0.25) is 0 Å². The normalized spacial score (nSPS) is 20.1. The van der Waals surface area contributed by atoms with Crippen LogP contribution in [0.4, 0.5) is 0 Å². The van der Waals surface area contributed by atoms with Gasteiger partial charge in [0.2, 0.25) is 0 Å². The van der Waals surface area contributed by atoms with Gasteiger partial charge in [0.15, 0.2) is 0 Å². The van der Waals surface area contributed by atoms with Gasteiger partial charge in [-0.15, -0.1) is 0 Å². The van der Waals surface area contributed by atoms with Crippen LogP contribution in [-0.2, 0) is 0 Å². The molecule has 16 heavy (non-hydrogen) atoms. The number of rotatable bonds is 4. The van der Waals surface area contributed by atoms with Gasteiger partial charge in [0.1, 0.15) is 5.76 Å². The second kappa shape index (κ2) is 3.65. The Labute approximate surface area is 95.2 Å². The van der Waals surface area contributed by atoms with Crippen LogP contribution in [0.5, 0.6) is 0 Å². The minimum Gasteiger partial charge on any atom is -0.469 e. The summed E-state index contributed by atoms with van der Waals surface area (Å²) in [7, 11) is 0. The fourth-order valence-electron chi connectivity index (χ4n) is 2.38. The molecule has 0 aliphatic heterocycles. The van der Waals surface area contributed by atoms with E-state index in [0.29, 0.717) is 17.4 Å². The SMILES string of the molecule is Cc1occc1C(=O)NC(C1CC1)C1CC1. The average molecular weight is 219 g/mol. The standard InChI is InChI=1S/C13H17NO2/c1-8-11(6-7-16-8)13(15)14-12(9-2-3-9)10-4-5-10/h6-7,9-10,12H,2-5H2,1H3,(H,14,15). The van der Waals surface area contributed by atoms with Crippen LogP contribution in [0, 0.1) is 18.8 Å². The molecule has 0 aromatic carbocycles. The number of hydrogen-bond donors (Lipinski definition) is 1. The highest BCUT2D eigenvalue weighted by Gasteiger charge is 2.42. The quantitative estimate of drug-likeness (QED) is 0.845. The van der Waals surface area contributed by atoms with Crippen molar-refractivity contribution in [3.05, 3.63) is 23.7 Å². The molecule has 0 radical (unpaired) electrons. The monoisotopic (exact) mass is 219 g/mol. The predicted octanol–water partition coefficient (Wildman–Crippen LogP) is 2.51. The summed E-state index contributed by atoms with van der Waals surface area (Å²) in [6.07, 6.45) is 6.71. The number of aryl methyl sites for hydroxylation is 1. The van der Waals surface area contributed by atoms with Gasteiger partial charge in [-0.1, -0.05) is 0 Å². The van der Waals surface area contributed by atoms with E-state index in [9.17, 15) is 4.79 Å². The van der Waals surface area contributed by atoms with E-state index in [1.807, 2.05) is 6.92 Å². The number of carbonyl (C=O) groups is 1. The first-order valence-corrected chi connectivity index (χ1v) is 6.10. The van der Waals surface area contributed by atoms with E-state index in [2.05, 4.69) is 5.32 Å². The first kappa shape index (κ1) is 9.94. The van der Waals surface area contributed by atoms with Crippen molar-refractivity contribution in [1.29, 1.82) is 0 Å². The Morgan fingerprint density at radius 1 is 1.38 bits per heavy atom. The van der Waals surface area contributed by atoms with Gasteiger partial charge in [-0.2, -0.15) is 0 Å². The maximum atomic E-state index is 12.0. The van der Waals surface area contributed by atoms with Gasteiger partial charge < -0.3 is 9.73 Å². The van der Waals surface area contributed by atoms with Crippen molar-refractivity contribution in [3.63, 3.8) is 0 Å². The van der Waals surface area contributed by atoms with Crippen LogP contribution in [0.1, 0.15) is 41.8 Å². The summed E-state index contributed by atoms with van der Waals surface area (Å²) in [5.74, 6) is 2.23. The molecule has 0 atom stereocenters. The molecular weight excluding hydrogens is 202 g/mol. The minimum atomic E-state index is 0.0371. The van der Waals surface area contributed by atoms with E-state index in [4.69, 9.17) is 4.42 Å². The maximum absolute atomic E-state index is 12.0. The van der Waals surface area contributed by atoms with Gasteiger partial charge in [-0.25, -0.2) is 0 Å². The molecule has 2 aliphatic carbocycles. The molecule has 3 rings (SSSR count). The summed E-state index contributed by atoms with van der Waals surface area (Å²) in [4.78, 5) is 12.0. The molecule has 2 aliphatic rings. The maximum Gasteiger partial charge on any atom is 0.255 e. The van der Waals surface area contributed by atoms with Crippen LogP contribution in [-0.4, -0.2) is 11.9 Å². The molecular formula is C13H17NO2. The summed E-state index contributed by atoms with van der Waals surface area (Å²) in [6.45, 7) is 1.83. The topological polar surface area (TPSA) is 42.2 Å². The van der Waals surface area contributed by atoms with Crippen LogP contribution in [0.25, 0.3) is 0 Å². The Balaban J connectivity index is 1.69. The third-order valence-electron chi connectivity index (χ3n) is 3.66. The van der Waals surface area contributed by atoms with Crippen LogP contribution in [0.3, 0.4) is 0 Å². The molecule has 0 spiro atoms. The first-order chi connectivity index (χ1) is 7.75. The molecule has 86 valence electrons. The first-order valence-electron chi connectivity index (χ1n) is 6.10. The van der Waals surface area contributed by atoms with Crippen LogP contribution >= 0.6 is 0 Å². The molecule has 2 saturated carbocycles. The molecule has 3 heteroatoms. The summed E-state index contributed by atoms with van der Waals surface area (Å²) in [5.41, 5.74) is 0.686. The van der Waals surface area contributed by atoms with Crippen molar-refractivity contribution < 1.29 is 9.21 Å². The molecule has 1 amide bonds. The summed E-state index contributed by atoms with van der Waals surface area (Å²) < 4.78 is 5.16. The largest absolute Gasteiger partial charge is 0.469 e. The van der Waals surface area contributed by atoms with Gasteiger partial charge in [0.25, 0.3) is 5.91 Å². The van der Waals surface area contributed by atoms with Crippen molar-refractivity contribution in [2.45, 2.75) is 38.6 Å². The van der Waals surface area contributed by atoms with Gasteiger partial charge in [-0.05, 0) is 50.5 Å². The zero-order valence-electron chi connectivity index (χ0n) is 9.53. The molecule has 2 fully saturated rings. The van der Waals surface area contributed by atoms with E-state index < -0.39 is 0 Å². The molecule has 1 aromatic heterocycles. The molecule has 1 N–H and O–H groups in total. The van der Waals surface area contributed by atoms with Crippen molar-refractivity contribution in [1.82, 2.24) is 5.32 Å². The lowest BCUT2D eigenvalue weighted by Crippen LogP contribution is -2.38. The Morgan fingerprint density at radius 2 is 2.00 bits per heavy atom. The highest BCUT2D eigenvalue weighted by molar-refractivity contribution is 5.95. The fourth-order valence-corrected chi connectivity index (χ4v) is 2.38. The molecule has 0 bridgehead atoms. The Hall–Kier alpha value is -1.25.